The van der Waals surface area contributed by atoms with Crippen molar-refractivity contribution >= 4 is 11.9 Å². The normalized spacial score (nSPS) is 19.6. The maximum atomic E-state index is 13.4. The molecule has 6 nitrogen and oxygen atoms in total. The highest BCUT2D eigenvalue weighted by Gasteiger charge is 2.57. The van der Waals surface area contributed by atoms with Crippen molar-refractivity contribution in [2.24, 2.45) is 0 Å². The number of carbonyl (C=O) groups is 2. The molecule has 0 radical (unpaired) electrons. The van der Waals surface area contributed by atoms with Gasteiger partial charge in [-0.25, -0.2) is 4.79 Å². The van der Waals surface area contributed by atoms with Gasteiger partial charge in [0, 0.05) is 25.8 Å². The standard InChI is InChI=1S/C22H26N4O2/c1-24-15-11-22(12-16-24)20(27)25(17-19-9-5-6-13-23-19)21(28)26(22)14-10-18-7-3-2-4-8-18/h2-9,13H,10-12,14-17H2,1H3. The van der Waals surface area contributed by atoms with E-state index < -0.39 is 5.54 Å². The molecule has 0 unspecified atom stereocenters. The third-order valence-electron chi connectivity index (χ3n) is 5.95. The van der Waals surface area contributed by atoms with Crippen molar-refractivity contribution in [3.8, 4) is 0 Å². The van der Waals surface area contributed by atoms with Crippen LogP contribution in [-0.2, 0) is 17.8 Å². The van der Waals surface area contributed by atoms with Crippen LogP contribution in [0.5, 0.6) is 0 Å². The molecule has 0 aliphatic carbocycles. The molecule has 3 heterocycles. The van der Waals surface area contributed by atoms with E-state index >= 15 is 0 Å². The number of nitrogens with zero attached hydrogens (tertiary/aromatic N) is 4. The Morgan fingerprint density at radius 2 is 1.71 bits per heavy atom. The summed E-state index contributed by atoms with van der Waals surface area (Å²) in [6, 6.07) is 15.5. The zero-order valence-corrected chi connectivity index (χ0v) is 16.3. The summed E-state index contributed by atoms with van der Waals surface area (Å²) in [6.07, 6.45) is 3.80. The quantitative estimate of drug-likeness (QED) is 0.751. The molecule has 1 aromatic heterocycles. The highest BCUT2D eigenvalue weighted by Crippen LogP contribution is 2.37. The van der Waals surface area contributed by atoms with E-state index in [0.29, 0.717) is 19.4 Å². The van der Waals surface area contributed by atoms with E-state index in [2.05, 4.69) is 29.1 Å². The Balaban J connectivity index is 1.59. The van der Waals surface area contributed by atoms with Crippen molar-refractivity contribution in [1.82, 2.24) is 19.7 Å². The molecule has 2 aromatic rings. The summed E-state index contributed by atoms with van der Waals surface area (Å²) in [5, 5.41) is 0. The van der Waals surface area contributed by atoms with Crippen LogP contribution < -0.4 is 0 Å². The summed E-state index contributed by atoms with van der Waals surface area (Å²) in [5.41, 5.74) is 1.19. The monoisotopic (exact) mass is 378 g/mol. The molecule has 0 atom stereocenters. The highest BCUT2D eigenvalue weighted by molar-refractivity contribution is 6.07. The molecule has 3 amide bonds. The molecule has 4 rings (SSSR count). The molecule has 1 aromatic carbocycles. The van der Waals surface area contributed by atoms with Gasteiger partial charge in [0.15, 0.2) is 0 Å². The lowest BCUT2D eigenvalue weighted by molar-refractivity contribution is -0.135. The van der Waals surface area contributed by atoms with Crippen LogP contribution in [0.4, 0.5) is 4.79 Å². The predicted molar refractivity (Wildman–Crippen MR) is 106 cm³/mol. The number of amides is 3. The Bertz CT molecular complexity index is 832. The van der Waals surface area contributed by atoms with Gasteiger partial charge in [0.2, 0.25) is 0 Å². The predicted octanol–water partition coefficient (Wildman–Crippen LogP) is 2.55. The van der Waals surface area contributed by atoms with Crippen LogP contribution >= 0.6 is 0 Å². The van der Waals surface area contributed by atoms with E-state index in [-0.39, 0.29) is 18.5 Å². The van der Waals surface area contributed by atoms with Gasteiger partial charge in [-0.05, 0) is 44.0 Å². The molecule has 2 saturated heterocycles. The SMILES string of the molecule is CN1CCC2(CC1)C(=O)N(Cc1ccccn1)C(=O)N2CCc1ccccc1. The first-order valence-corrected chi connectivity index (χ1v) is 9.86. The zero-order chi connectivity index (χ0) is 19.6. The lowest BCUT2D eigenvalue weighted by Crippen LogP contribution is -2.56. The Morgan fingerprint density at radius 3 is 2.39 bits per heavy atom. The Labute approximate surface area is 165 Å². The third-order valence-corrected chi connectivity index (χ3v) is 5.95. The number of imide groups is 1. The molecule has 2 fully saturated rings. The van der Waals surface area contributed by atoms with Crippen molar-refractivity contribution < 1.29 is 9.59 Å². The Hall–Kier alpha value is -2.73. The van der Waals surface area contributed by atoms with Crippen LogP contribution in [-0.4, -0.2) is 63.8 Å². The van der Waals surface area contributed by atoms with Crippen molar-refractivity contribution in [3.05, 3.63) is 66.0 Å². The average Bonchev–Trinajstić information content (AvgIpc) is 2.91. The number of benzene rings is 1. The maximum Gasteiger partial charge on any atom is 0.328 e. The summed E-state index contributed by atoms with van der Waals surface area (Å²) in [4.78, 5) is 36.5. The number of rotatable bonds is 5. The molecule has 1 spiro atoms. The number of aromatic nitrogens is 1. The van der Waals surface area contributed by atoms with E-state index in [0.717, 1.165) is 25.2 Å². The van der Waals surface area contributed by atoms with E-state index in [4.69, 9.17) is 0 Å². The van der Waals surface area contributed by atoms with Gasteiger partial charge < -0.3 is 9.80 Å². The van der Waals surface area contributed by atoms with Crippen LogP contribution in [0.3, 0.4) is 0 Å². The Morgan fingerprint density at radius 1 is 1.00 bits per heavy atom. The molecule has 2 aliphatic heterocycles. The fourth-order valence-corrected chi connectivity index (χ4v) is 4.24. The number of hydrogen-bond donors (Lipinski definition) is 0. The topological polar surface area (TPSA) is 56.8 Å². The minimum atomic E-state index is -0.715. The second-order valence-electron chi connectivity index (χ2n) is 7.72. The lowest BCUT2D eigenvalue weighted by atomic mass is 9.85. The fraction of sp³-hybridized carbons (Fsp3) is 0.409. The molecule has 28 heavy (non-hydrogen) atoms. The summed E-state index contributed by atoms with van der Waals surface area (Å²) < 4.78 is 0. The number of likely N-dealkylation sites (tertiary alicyclic amines) is 1. The molecule has 0 bridgehead atoms. The van der Waals surface area contributed by atoms with Gasteiger partial charge in [-0.1, -0.05) is 36.4 Å². The minimum Gasteiger partial charge on any atom is -0.309 e. The summed E-state index contributed by atoms with van der Waals surface area (Å²) in [6.45, 7) is 2.42. The largest absolute Gasteiger partial charge is 0.328 e. The molecule has 0 saturated carbocycles. The number of urea groups is 1. The van der Waals surface area contributed by atoms with E-state index in [1.165, 1.54) is 10.5 Å². The smallest absolute Gasteiger partial charge is 0.309 e. The summed E-state index contributed by atoms with van der Waals surface area (Å²) in [7, 11) is 2.06. The number of pyridine rings is 1. The average molecular weight is 378 g/mol. The van der Waals surface area contributed by atoms with Crippen LogP contribution in [0.1, 0.15) is 24.1 Å². The lowest BCUT2D eigenvalue weighted by Gasteiger charge is -2.41. The molecule has 0 N–H and O–H groups in total. The van der Waals surface area contributed by atoms with Crippen molar-refractivity contribution in [3.63, 3.8) is 0 Å². The molecular weight excluding hydrogens is 352 g/mol. The first-order valence-electron chi connectivity index (χ1n) is 9.86. The van der Waals surface area contributed by atoms with Crippen LogP contribution in [0.15, 0.2) is 54.7 Å². The Kier molecular flexibility index (Phi) is 5.13. The summed E-state index contributed by atoms with van der Waals surface area (Å²) in [5.74, 6) is -0.0654. The van der Waals surface area contributed by atoms with Gasteiger partial charge in [0.1, 0.15) is 5.54 Å². The van der Waals surface area contributed by atoms with E-state index in [1.54, 1.807) is 6.20 Å². The number of carbonyl (C=O) groups excluding carboxylic acids is 2. The van der Waals surface area contributed by atoms with Gasteiger partial charge in [-0.15, -0.1) is 0 Å². The number of piperidine rings is 1. The minimum absolute atomic E-state index is 0.0654. The van der Waals surface area contributed by atoms with Crippen molar-refractivity contribution in [1.29, 1.82) is 0 Å². The van der Waals surface area contributed by atoms with Gasteiger partial charge in [0.05, 0.1) is 12.2 Å². The van der Waals surface area contributed by atoms with Crippen LogP contribution in [0.25, 0.3) is 0 Å². The van der Waals surface area contributed by atoms with Gasteiger partial charge in [0.25, 0.3) is 5.91 Å². The second-order valence-corrected chi connectivity index (χ2v) is 7.72. The van der Waals surface area contributed by atoms with Crippen LogP contribution in [0.2, 0.25) is 0 Å². The van der Waals surface area contributed by atoms with Crippen molar-refractivity contribution in [2.45, 2.75) is 31.3 Å². The number of hydrogen-bond acceptors (Lipinski definition) is 4. The van der Waals surface area contributed by atoms with Crippen molar-refractivity contribution in [2.75, 3.05) is 26.7 Å². The molecule has 2 aliphatic rings. The van der Waals surface area contributed by atoms with Gasteiger partial charge >= 0.3 is 6.03 Å². The zero-order valence-electron chi connectivity index (χ0n) is 16.3. The first kappa shape index (κ1) is 18.6. The van der Waals surface area contributed by atoms with E-state index in [1.807, 2.05) is 41.3 Å². The van der Waals surface area contributed by atoms with Crippen LogP contribution in [0, 0.1) is 0 Å². The summed E-state index contributed by atoms with van der Waals surface area (Å²) >= 11 is 0. The fourth-order valence-electron chi connectivity index (χ4n) is 4.24. The van der Waals surface area contributed by atoms with Gasteiger partial charge in [-0.3, -0.25) is 14.7 Å². The third kappa shape index (κ3) is 3.40. The highest BCUT2D eigenvalue weighted by atomic mass is 16.2. The van der Waals surface area contributed by atoms with Gasteiger partial charge in [-0.2, -0.15) is 0 Å². The molecule has 146 valence electrons. The molecular formula is C22H26N4O2. The maximum absolute atomic E-state index is 13.4. The van der Waals surface area contributed by atoms with E-state index in [9.17, 15) is 9.59 Å². The molecule has 6 heteroatoms. The second kappa shape index (κ2) is 7.72. The first-order chi connectivity index (χ1) is 13.6.